The van der Waals surface area contributed by atoms with Crippen LogP contribution in [0, 0.1) is 0 Å². The van der Waals surface area contributed by atoms with Gasteiger partial charge in [-0.05, 0) is 51.4 Å². The van der Waals surface area contributed by atoms with E-state index in [2.05, 4.69) is 10.2 Å². The fourth-order valence-electron chi connectivity index (χ4n) is 5.52. The predicted octanol–water partition coefficient (Wildman–Crippen LogP) is 3.12. The third-order valence-corrected chi connectivity index (χ3v) is 6.50. The summed E-state index contributed by atoms with van der Waals surface area (Å²) in [6, 6.07) is 2.94. The summed E-state index contributed by atoms with van der Waals surface area (Å²) in [4.78, 5) is 17.3. The van der Waals surface area contributed by atoms with Gasteiger partial charge in [-0.15, -0.1) is 0 Å². The largest absolute Gasteiger partial charge is 0.335 e. The summed E-state index contributed by atoms with van der Waals surface area (Å²) >= 11 is 0. The lowest BCUT2D eigenvalue weighted by Crippen LogP contribution is -2.60. The van der Waals surface area contributed by atoms with Gasteiger partial charge in [0.2, 0.25) is 0 Å². The van der Waals surface area contributed by atoms with Crippen LogP contribution in [0.15, 0.2) is 0 Å². The molecule has 0 aromatic rings. The van der Waals surface area contributed by atoms with Crippen LogP contribution < -0.4 is 5.32 Å². The predicted molar refractivity (Wildman–Crippen MR) is 87.9 cm³/mol. The highest BCUT2D eigenvalue weighted by molar-refractivity contribution is 5.74. The molecule has 22 heavy (non-hydrogen) atoms. The number of hydrogen-bond acceptors (Lipinski definition) is 2. The Hall–Kier alpha value is -0.770. The van der Waals surface area contributed by atoms with Crippen molar-refractivity contribution in [1.82, 2.24) is 15.1 Å². The van der Waals surface area contributed by atoms with Crippen LogP contribution in [0.25, 0.3) is 0 Å². The summed E-state index contributed by atoms with van der Waals surface area (Å²) in [5.74, 6) is 0. The molecule has 4 rings (SSSR count). The molecule has 0 aromatic carbocycles. The second-order valence-corrected chi connectivity index (χ2v) is 7.94. The van der Waals surface area contributed by atoms with E-state index in [1.54, 1.807) is 0 Å². The lowest BCUT2D eigenvalue weighted by atomic mass is 9.80. The van der Waals surface area contributed by atoms with Gasteiger partial charge < -0.3 is 10.2 Å². The van der Waals surface area contributed by atoms with Gasteiger partial charge in [-0.25, -0.2) is 4.79 Å². The molecule has 2 bridgehead atoms. The molecule has 4 heteroatoms. The monoisotopic (exact) mass is 305 g/mol. The van der Waals surface area contributed by atoms with E-state index in [0.29, 0.717) is 6.04 Å². The molecule has 0 spiro atoms. The van der Waals surface area contributed by atoms with Crippen LogP contribution in [0.5, 0.6) is 0 Å². The molecule has 2 unspecified atom stereocenters. The molecule has 3 saturated heterocycles. The van der Waals surface area contributed by atoms with E-state index < -0.39 is 0 Å². The van der Waals surface area contributed by atoms with E-state index in [1.165, 1.54) is 70.6 Å². The number of nitrogens with zero attached hydrogens (tertiary/aromatic N) is 2. The van der Waals surface area contributed by atoms with Crippen molar-refractivity contribution in [2.45, 2.75) is 94.8 Å². The van der Waals surface area contributed by atoms with Crippen LogP contribution >= 0.6 is 0 Å². The molecule has 3 heterocycles. The first kappa shape index (κ1) is 14.8. The van der Waals surface area contributed by atoms with Crippen molar-refractivity contribution in [2.24, 2.45) is 0 Å². The fraction of sp³-hybridized carbons (Fsp3) is 0.944. The number of carbonyl (C=O) groups excluding carboxylic acids is 1. The molecule has 2 amide bonds. The number of hydrogen-bond donors (Lipinski definition) is 1. The number of nitrogens with one attached hydrogen (secondary N) is 1. The van der Waals surface area contributed by atoms with Crippen molar-refractivity contribution in [3.8, 4) is 0 Å². The zero-order valence-electron chi connectivity index (χ0n) is 13.8. The molecular weight excluding hydrogens is 274 g/mol. The van der Waals surface area contributed by atoms with Gasteiger partial charge in [0, 0.05) is 37.3 Å². The number of urea groups is 1. The van der Waals surface area contributed by atoms with Crippen LogP contribution in [0.4, 0.5) is 4.79 Å². The van der Waals surface area contributed by atoms with Crippen molar-refractivity contribution in [3.05, 3.63) is 0 Å². The normalized spacial score (nSPS) is 36.7. The SMILES string of the molecule is O=C(NC1CC2CCCC(C1)N2C1CCCC1)N1CCCC1. The van der Waals surface area contributed by atoms with Gasteiger partial charge in [0.1, 0.15) is 0 Å². The Bertz CT molecular complexity index is 387. The van der Waals surface area contributed by atoms with Crippen molar-refractivity contribution in [2.75, 3.05) is 13.1 Å². The average Bonchev–Trinajstić information content (AvgIpc) is 3.20. The van der Waals surface area contributed by atoms with Crippen molar-refractivity contribution < 1.29 is 4.79 Å². The lowest BCUT2D eigenvalue weighted by molar-refractivity contribution is -0.00757. The number of piperidine rings is 2. The molecule has 1 aliphatic carbocycles. The number of fused-ring (bicyclic) bond motifs is 2. The quantitative estimate of drug-likeness (QED) is 0.851. The number of carbonyl (C=O) groups is 1. The second-order valence-electron chi connectivity index (χ2n) is 7.94. The minimum atomic E-state index is 0.204. The molecule has 1 N–H and O–H groups in total. The van der Waals surface area contributed by atoms with Gasteiger partial charge in [0.25, 0.3) is 0 Å². The van der Waals surface area contributed by atoms with Gasteiger partial charge in [-0.1, -0.05) is 19.3 Å². The van der Waals surface area contributed by atoms with Crippen LogP contribution in [0.3, 0.4) is 0 Å². The molecule has 0 aromatic heterocycles. The highest BCUT2D eigenvalue weighted by Crippen LogP contribution is 2.39. The van der Waals surface area contributed by atoms with E-state index in [0.717, 1.165) is 31.2 Å². The van der Waals surface area contributed by atoms with Gasteiger partial charge >= 0.3 is 6.03 Å². The van der Waals surface area contributed by atoms with E-state index >= 15 is 0 Å². The van der Waals surface area contributed by atoms with Crippen molar-refractivity contribution >= 4 is 6.03 Å². The van der Waals surface area contributed by atoms with E-state index in [9.17, 15) is 4.79 Å². The molecule has 1 saturated carbocycles. The number of amides is 2. The summed E-state index contributed by atoms with van der Waals surface area (Å²) < 4.78 is 0. The first-order valence-corrected chi connectivity index (χ1v) is 9.64. The first-order valence-electron chi connectivity index (χ1n) is 9.64. The summed E-state index contributed by atoms with van der Waals surface area (Å²) in [7, 11) is 0. The smallest absolute Gasteiger partial charge is 0.317 e. The highest BCUT2D eigenvalue weighted by Gasteiger charge is 2.42. The number of likely N-dealkylation sites (tertiary alicyclic amines) is 1. The molecule has 2 atom stereocenters. The standard InChI is InChI=1S/C18H31N3O/c22-18(20-10-3-4-11-20)19-14-12-16-8-5-9-17(13-14)21(16)15-6-1-2-7-15/h14-17H,1-13H2,(H,19,22). The molecular formula is C18H31N3O. The van der Waals surface area contributed by atoms with E-state index in [4.69, 9.17) is 0 Å². The summed E-state index contributed by atoms with van der Waals surface area (Å²) in [5.41, 5.74) is 0. The Labute approximate surface area is 134 Å². The Morgan fingerprint density at radius 3 is 2.00 bits per heavy atom. The zero-order chi connectivity index (χ0) is 14.9. The van der Waals surface area contributed by atoms with Crippen LogP contribution in [0.2, 0.25) is 0 Å². The maximum Gasteiger partial charge on any atom is 0.317 e. The molecule has 4 fully saturated rings. The summed E-state index contributed by atoms with van der Waals surface area (Å²) in [5, 5.41) is 3.36. The Kier molecular flexibility index (Phi) is 4.29. The fourth-order valence-corrected chi connectivity index (χ4v) is 5.52. The third-order valence-electron chi connectivity index (χ3n) is 6.50. The summed E-state index contributed by atoms with van der Waals surface area (Å²) in [6.07, 6.45) is 14.5. The average molecular weight is 305 g/mol. The molecule has 0 radical (unpaired) electrons. The third kappa shape index (κ3) is 2.86. The molecule has 124 valence electrons. The topological polar surface area (TPSA) is 35.6 Å². The van der Waals surface area contributed by atoms with Crippen LogP contribution in [-0.4, -0.2) is 53.1 Å². The molecule has 4 nitrogen and oxygen atoms in total. The summed E-state index contributed by atoms with van der Waals surface area (Å²) in [6.45, 7) is 1.92. The van der Waals surface area contributed by atoms with Crippen molar-refractivity contribution in [1.29, 1.82) is 0 Å². The highest BCUT2D eigenvalue weighted by atomic mass is 16.2. The van der Waals surface area contributed by atoms with Crippen LogP contribution in [-0.2, 0) is 0 Å². The minimum Gasteiger partial charge on any atom is -0.335 e. The molecule has 3 aliphatic heterocycles. The molecule has 4 aliphatic rings. The second kappa shape index (κ2) is 6.38. The Balaban J connectivity index is 1.38. The Morgan fingerprint density at radius 1 is 0.773 bits per heavy atom. The van der Waals surface area contributed by atoms with E-state index in [1.807, 2.05) is 4.90 Å². The maximum absolute atomic E-state index is 12.4. The van der Waals surface area contributed by atoms with Gasteiger partial charge in [-0.2, -0.15) is 0 Å². The lowest BCUT2D eigenvalue weighted by Gasteiger charge is -2.51. The number of rotatable bonds is 2. The van der Waals surface area contributed by atoms with Crippen molar-refractivity contribution in [3.63, 3.8) is 0 Å². The minimum absolute atomic E-state index is 0.204. The van der Waals surface area contributed by atoms with E-state index in [-0.39, 0.29) is 6.03 Å². The maximum atomic E-state index is 12.4. The first-order chi connectivity index (χ1) is 10.8. The van der Waals surface area contributed by atoms with Gasteiger partial charge in [0.05, 0.1) is 0 Å². The zero-order valence-corrected chi connectivity index (χ0v) is 13.8. The van der Waals surface area contributed by atoms with Gasteiger partial charge in [-0.3, -0.25) is 4.90 Å². The van der Waals surface area contributed by atoms with Gasteiger partial charge in [0.15, 0.2) is 0 Å². The van der Waals surface area contributed by atoms with Crippen LogP contribution in [0.1, 0.15) is 70.6 Å². The Morgan fingerprint density at radius 2 is 1.36 bits per heavy atom.